The number of ether oxygens (including phenoxy) is 3. The van der Waals surface area contributed by atoms with Gasteiger partial charge >= 0.3 is 0 Å². The van der Waals surface area contributed by atoms with Gasteiger partial charge < -0.3 is 24.0 Å². The van der Waals surface area contributed by atoms with Crippen molar-refractivity contribution < 1.29 is 19.0 Å². The molecule has 6 heteroatoms. The van der Waals surface area contributed by atoms with Crippen molar-refractivity contribution in [2.75, 3.05) is 34.9 Å². The second-order valence-electron chi connectivity index (χ2n) is 7.94. The van der Waals surface area contributed by atoms with E-state index < -0.39 is 0 Å². The fourth-order valence-corrected chi connectivity index (χ4v) is 4.79. The minimum Gasteiger partial charge on any atom is -0.493 e. The van der Waals surface area contributed by atoms with Crippen LogP contribution in [0.1, 0.15) is 55.8 Å². The van der Waals surface area contributed by atoms with Gasteiger partial charge in [-0.2, -0.15) is 0 Å². The van der Waals surface area contributed by atoms with E-state index in [2.05, 4.69) is 23.8 Å². The largest absolute Gasteiger partial charge is 0.493 e. The van der Waals surface area contributed by atoms with Gasteiger partial charge in [-0.15, -0.1) is 0 Å². The number of amides is 1. The summed E-state index contributed by atoms with van der Waals surface area (Å²) in [5, 5.41) is 0. The Hall–Kier alpha value is -1.95. The summed E-state index contributed by atoms with van der Waals surface area (Å²) in [7, 11) is 6.96. The van der Waals surface area contributed by atoms with Crippen molar-refractivity contribution in [3.8, 4) is 17.2 Å². The molecule has 0 spiro atoms. The summed E-state index contributed by atoms with van der Waals surface area (Å²) in [5.74, 6) is 1.61. The number of carbonyl (C=O) groups excluding carboxylic acids is 1. The zero-order chi connectivity index (χ0) is 20.3. The molecule has 2 bridgehead atoms. The van der Waals surface area contributed by atoms with E-state index in [1.165, 1.54) is 12.8 Å². The van der Waals surface area contributed by atoms with E-state index in [0.717, 1.165) is 32.2 Å². The third-order valence-corrected chi connectivity index (χ3v) is 6.44. The van der Waals surface area contributed by atoms with Crippen molar-refractivity contribution in [2.45, 2.75) is 63.6 Å². The molecule has 1 aromatic carbocycles. The number of piperidine rings is 1. The van der Waals surface area contributed by atoms with Gasteiger partial charge in [0.25, 0.3) is 5.91 Å². The van der Waals surface area contributed by atoms with Crippen LogP contribution in [0, 0.1) is 0 Å². The smallest absolute Gasteiger partial charge is 0.254 e. The molecule has 1 amide bonds. The Morgan fingerprint density at radius 3 is 2.11 bits per heavy atom. The van der Waals surface area contributed by atoms with Crippen LogP contribution in [0.5, 0.6) is 17.2 Å². The molecular formula is C22H34N2O4. The van der Waals surface area contributed by atoms with Crippen LogP contribution in [0.4, 0.5) is 0 Å². The highest BCUT2D eigenvalue weighted by molar-refractivity contribution is 5.96. The normalized spacial score (nSPS) is 24.1. The topological polar surface area (TPSA) is 51.2 Å². The van der Waals surface area contributed by atoms with Gasteiger partial charge in [0, 0.05) is 30.2 Å². The molecule has 2 heterocycles. The van der Waals surface area contributed by atoms with Gasteiger partial charge in [-0.1, -0.05) is 13.3 Å². The molecule has 0 saturated carbocycles. The van der Waals surface area contributed by atoms with Gasteiger partial charge in [-0.25, -0.2) is 0 Å². The van der Waals surface area contributed by atoms with Crippen molar-refractivity contribution in [3.63, 3.8) is 0 Å². The summed E-state index contributed by atoms with van der Waals surface area (Å²) in [4.78, 5) is 18.2. The molecule has 6 nitrogen and oxygen atoms in total. The lowest BCUT2D eigenvalue weighted by atomic mass is 9.95. The Morgan fingerprint density at radius 1 is 1.07 bits per heavy atom. The van der Waals surface area contributed by atoms with Gasteiger partial charge in [-0.3, -0.25) is 4.79 Å². The third kappa shape index (κ3) is 3.93. The highest BCUT2D eigenvalue weighted by Gasteiger charge is 2.41. The van der Waals surface area contributed by atoms with E-state index in [1.54, 1.807) is 33.5 Å². The molecule has 0 N–H and O–H groups in total. The van der Waals surface area contributed by atoms with Gasteiger partial charge in [-0.05, 0) is 51.3 Å². The first-order chi connectivity index (χ1) is 13.5. The Labute approximate surface area is 168 Å². The van der Waals surface area contributed by atoms with Gasteiger partial charge in [0.15, 0.2) is 11.5 Å². The zero-order valence-corrected chi connectivity index (χ0v) is 17.9. The fourth-order valence-electron chi connectivity index (χ4n) is 4.79. The molecule has 2 unspecified atom stereocenters. The average molecular weight is 391 g/mol. The summed E-state index contributed by atoms with van der Waals surface area (Å²) in [6.07, 6.45) is 6.70. The van der Waals surface area contributed by atoms with E-state index in [0.29, 0.717) is 40.9 Å². The predicted octanol–water partition coefficient (Wildman–Crippen LogP) is 3.58. The van der Waals surface area contributed by atoms with Crippen molar-refractivity contribution >= 4 is 5.91 Å². The van der Waals surface area contributed by atoms with Crippen LogP contribution >= 0.6 is 0 Å². The van der Waals surface area contributed by atoms with Crippen molar-refractivity contribution in [1.29, 1.82) is 0 Å². The first-order valence-corrected chi connectivity index (χ1v) is 10.4. The molecule has 2 saturated heterocycles. The van der Waals surface area contributed by atoms with Crippen LogP contribution < -0.4 is 14.2 Å². The number of nitrogens with zero attached hydrogens (tertiary/aromatic N) is 2. The third-order valence-electron chi connectivity index (χ3n) is 6.44. The van der Waals surface area contributed by atoms with Crippen LogP contribution in [0.2, 0.25) is 0 Å². The number of hydrogen-bond acceptors (Lipinski definition) is 5. The number of hydrogen-bond donors (Lipinski definition) is 0. The first-order valence-electron chi connectivity index (χ1n) is 10.4. The Bertz CT molecular complexity index is 654. The van der Waals surface area contributed by atoms with Crippen LogP contribution in [-0.2, 0) is 0 Å². The second kappa shape index (κ2) is 9.03. The van der Waals surface area contributed by atoms with E-state index in [4.69, 9.17) is 14.2 Å². The van der Waals surface area contributed by atoms with Crippen molar-refractivity contribution in [1.82, 2.24) is 9.80 Å². The number of methoxy groups -OCH3 is 3. The van der Waals surface area contributed by atoms with Crippen molar-refractivity contribution in [3.05, 3.63) is 17.7 Å². The van der Waals surface area contributed by atoms with E-state index in [9.17, 15) is 4.79 Å². The number of unbranched alkanes of at least 4 members (excludes halogenated alkanes) is 1. The maximum atomic E-state index is 13.6. The molecule has 3 rings (SSSR count). The molecule has 0 aromatic heterocycles. The summed E-state index contributed by atoms with van der Waals surface area (Å²) in [5.41, 5.74) is 0.594. The lowest BCUT2D eigenvalue weighted by molar-refractivity contribution is 0.0480. The highest BCUT2D eigenvalue weighted by atomic mass is 16.5. The maximum Gasteiger partial charge on any atom is 0.254 e. The molecule has 2 atom stereocenters. The summed E-state index contributed by atoms with van der Waals surface area (Å²) < 4.78 is 16.3. The molecular weight excluding hydrogens is 356 g/mol. The van der Waals surface area contributed by atoms with Crippen LogP contribution in [0.25, 0.3) is 0 Å². The molecule has 0 radical (unpaired) electrons. The quantitative estimate of drug-likeness (QED) is 0.679. The zero-order valence-electron chi connectivity index (χ0n) is 17.9. The van der Waals surface area contributed by atoms with Gasteiger partial charge in [0.05, 0.1) is 21.3 Å². The fraction of sp³-hybridized carbons (Fsp3) is 0.682. The van der Waals surface area contributed by atoms with E-state index >= 15 is 0 Å². The van der Waals surface area contributed by atoms with Crippen LogP contribution in [0.15, 0.2) is 12.1 Å². The lowest BCUT2D eigenvalue weighted by Gasteiger charge is -2.42. The van der Waals surface area contributed by atoms with Crippen LogP contribution in [-0.4, -0.2) is 68.8 Å². The maximum absolute atomic E-state index is 13.6. The van der Waals surface area contributed by atoms with Crippen LogP contribution in [0.3, 0.4) is 0 Å². The molecule has 2 aliphatic rings. The summed E-state index contributed by atoms with van der Waals surface area (Å²) >= 11 is 0. The molecule has 28 heavy (non-hydrogen) atoms. The minimum absolute atomic E-state index is 0.0571. The van der Waals surface area contributed by atoms with E-state index in [1.807, 2.05) is 0 Å². The van der Waals surface area contributed by atoms with Gasteiger partial charge in [0.1, 0.15) is 0 Å². The number of fused-ring (bicyclic) bond motifs is 2. The standard InChI is InChI=1S/C22H34N2O4/c1-6-7-10-24(18-13-16-8-9-17(14-18)23(16)2)22(25)15-11-19(26-3)21(28-5)20(12-15)27-4/h11-12,16-18H,6-10,13-14H2,1-5H3. The highest BCUT2D eigenvalue weighted by Crippen LogP contribution is 2.40. The summed E-state index contributed by atoms with van der Waals surface area (Å²) in [6.45, 7) is 2.96. The summed E-state index contributed by atoms with van der Waals surface area (Å²) in [6, 6.07) is 5.03. The Morgan fingerprint density at radius 2 is 1.64 bits per heavy atom. The molecule has 2 fully saturated rings. The number of benzene rings is 1. The molecule has 2 aliphatic heterocycles. The van der Waals surface area contributed by atoms with E-state index in [-0.39, 0.29) is 5.91 Å². The van der Waals surface area contributed by atoms with Crippen molar-refractivity contribution in [2.24, 2.45) is 0 Å². The monoisotopic (exact) mass is 390 g/mol. The molecule has 1 aromatic rings. The Kier molecular flexibility index (Phi) is 6.70. The number of rotatable bonds is 8. The average Bonchev–Trinajstić information content (AvgIpc) is 2.93. The number of carbonyl (C=O) groups is 1. The first kappa shape index (κ1) is 20.8. The lowest BCUT2D eigenvalue weighted by Crippen LogP contribution is -2.51. The minimum atomic E-state index is 0.0571. The SMILES string of the molecule is CCCCN(C(=O)c1cc(OC)c(OC)c(OC)c1)C1CC2CCC(C1)N2C. The molecule has 0 aliphatic carbocycles. The second-order valence-corrected chi connectivity index (χ2v) is 7.94. The predicted molar refractivity (Wildman–Crippen MR) is 110 cm³/mol. The Balaban J connectivity index is 1.89. The van der Waals surface area contributed by atoms with Gasteiger partial charge in [0.2, 0.25) is 5.75 Å². The molecule has 156 valence electrons.